The number of pyridine rings is 1. The van der Waals surface area contributed by atoms with Gasteiger partial charge < -0.3 is 9.84 Å². The molecule has 0 fully saturated rings. The quantitative estimate of drug-likeness (QED) is 0.901. The van der Waals surface area contributed by atoms with E-state index in [1.54, 1.807) is 6.07 Å². The summed E-state index contributed by atoms with van der Waals surface area (Å²) in [7, 11) is 0. The fourth-order valence-electron chi connectivity index (χ4n) is 1.43. The van der Waals surface area contributed by atoms with Gasteiger partial charge >= 0.3 is 5.97 Å². The van der Waals surface area contributed by atoms with E-state index in [9.17, 15) is 9.18 Å². The second-order valence-corrected chi connectivity index (χ2v) is 3.58. The summed E-state index contributed by atoms with van der Waals surface area (Å²) in [6.07, 6.45) is 2.77. The molecule has 1 heterocycles. The Morgan fingerprint density at radius 3 is 2.67 bits per heavy atom. The molecular formula is C13H10FNO3. The predicted octanol–water partition coefficient (Wildman–Crippen LogP) is 2.50. The van der Waals surface area contributed by atoms with Crippen molar-refractivity contribution in [1.29, 1.82) is 0 Å². The van der Waals surface area contributed by atoms with E-state index < -0.39 is 5.97 Å². The first-order valence-electron chi connectivity index (χ1n) is 5.21. The highest BCUT2D eigenvalue weighted by Gasteiger charge is 2.10. The van der Waals surface area contributed by atoms with Gasteiger partial charge in [-0.2, -0.15) is 0 Å². The number of aromatic nitrogens is 1. The summed E-state index contributed by atoms with van der Waals surface area (Å²) in [4.78, 5) is 14.7. The first-order chi connectivity index (χ1) is 8.66. The molecule has 1 aromatic heterocycles. The van der Waals surface area contributed by atoms with Crippen LogP contribution in [0.4, 0.5) is 4.39 Å². The fraction of sp³-hybridized carbons (Fsp3) is 0.0769. The number of carboxylic acid groups (broad SMARTS) is 1. The molecule has 5 heteroatoms. The van der Waals surface area contributed by atoms with Crippen LogP contribution in [0.1, 0.15) is 15.9 Å². The molecule has 0 bridgehead atoms. The number of benzene rings is 1. The number of carboxylic acids is 1. The molecule has 2 aromatic rings. The number of nitrogens with zero attached hydrogens (tertiary/aromatic N) is 1. The molecule has 0 radical (unpaired) electrons. The third-order valence-electron chi connectivity index (χ3n) is 2.35. The maximum absolute atomic E-state index is 12.7. The molecule has 0 saturated carbocycles. The molecule has 0 amide bonds. The zero-order valence-corrected chi connectivity index (χ0v) is 9.34. The number of aromatic carboxylic acids is 1. The Kier molecular flexibility index (Phi) is 3.52. The Morgan fingerprint density at radius 1 is 1.28 bits per heavy atom. The zero-order valence-electron chi connectivity index (χ0n) is 9.34. The lowest BCUT2D eigenvalue weighted by atomic mass is 10.1. The highest BCUT2D eigenvalue weighted by Crippen LogP contribution is 2.15. The van der Waals surface area contributed by atoms with Crippen molar-refractivity contribution in [1.82, 2.24) is 4.98 Å². The van der Waals surface area contributed by atoms with E-state index in [-0.39, 0.29) is 18.0 Å². The lowest BCUT2D eigenvalue weighted by Crippen LogP contribution is -2.06. The molecule has 92 valence electrons. The number of ether oxygens (including phenoxy) is 1. The van der Waals surface area contributed by atoms with Gasteiger partial charge in [-0.1, -0.05) is 0 Å². The highest BCUT2D eigenvalue weighted by atomic mass is 19.1. The van der Waals surface area contributed by atoms with Gasteiger partial charge in [-0.05, 0) is 30.3 Å². The smallest absolute Gasteiger partial charge is 0.337 e. The normalized spacial score (nSPS) is 10.1. The molecule has 0 unspecified atom stereocenters. The second kappa shape index (κ2) is 5.27. The number of carbonyl (C=O) groups is 1. The van der Waals surface area contributed by atoms with Crippen molar-refractivity contribution in [3.8, 4) is 5.75 Å². The van der Waals surface area contributed by atoms with Crippen molar-refractivity contribution in [2.45, 2.75) is 6.61 Å². The van der Waals surface area contributed by atoms with Crippen molar-refractivity contribution in [3.05, 3.63) is 59.7 Å². The van der Waals surface area contributed by atoms with Crippen LogP contribution < -0.4 is 4.74 Å². The number of halogens is 1. The molecule has 0 aliphatic heterocycles. The lowest BCUT2D eigenvalue weighted by Gasteiger charge is -2.08. The topological polar surface area (TPSA) is 59.4 Å². The molecule has 0 aliphatic carbocycles. The molecule has 1 aromatic carbocycles. The Balaban J connectivity index is 2.10. The van der Waals surface area contributed by atoms with Crippen molar-refractivity contribution in [2.24, 2.45) is 0 Å². The van der Waals surface area contributed by atoms with Crippen molar-refractivity contribution in [2.75, 3.05) is 0 Å². The maximum Gasteiger partial charge on any atom is 0.337 e. The van der Waals surface area contributed by atoms with Crippen molar-refractivity contribution in [3.63, 3.8) is 0 Å². The molecule has 1 N–H and O–H groups in total. The van der Waals surface area contributed by atoms with Gasteiger partial charge in [0.15, 0.2) is 0 Å². The van der Waals surface area contributed by atoms with Crippen molar-refractivity contribution < 1.29 is 19.0 Å². The first-order valence-corrected chi connectivity index (χ1v) is 5.21. The van der Waals surface area contributed by atoms with Crippen LogP contribution in [0.3, 0.4) is 0 Å². The van der Waals surface area contributed by atoms with Gasteiger partial charge in [0.25, 0.3) is 0 Å². The van der Waals surface area contributed by atoms with Gasteiger partial charge in [-0.15, -0.1) is 0 Å². The molecule has 4 nitrogen and oxygen atoms in total. The Bertz CT molecular complexity index is 554. The summed E-state index contributed by atoms with van der Waals surface area (Å²) < 4.78 is 18.1. The number of hydrogen-bond acceptors (Lipinski definition) is 3. The van der Waals surface area contributed by atoms with Gasteiger partial charge in [0.2, 0.25) is 0 Å². The van der Waals surface area contributed by atoms with Crippen LogP contribution in [-0.2, 0) is 6.61 Å². The molecule has 18 heavy (non-hydrogen) atoms. The third-order valence-corrected chi connectivity index (χ3v) is 2.35. The Morgan fingerprint density at radius 2 is 2.00 bits per heavy atom. The van der Waals surface area contributed by atoms with Gasteiger partial charge in [-0.25, -0.2) is 9.18 Å². The van der Waals surface area contributed by atoms with Crippen LogP contribution in [0.15, 0.2) is 42.7 Å². The van der Waals surface area contributed by atoms with Gasteiger partial charge in [0.05, 0.1) is 5.56 Å². The summed E-state index contributed by atoms with van der Waals surface area (Å²) in [6, 6.07) is 7.10. The van der Waals surface area contributed by atoms with E-state index >= 15 is 0 Å². The van der Waals surface area contributed by atoms with Crippen LogP contribution in [-0.4, -0.2) is 16.1 Å². The maximum atomic E-state index is 12.7. The molecular weight excluding hydrogens is 237 g/mol. The van der Waals surface area contributed by atoms with Crippen LogP contribution in [0.25, 0.3) is 0 Å². The first kappa shape index (κ1) is 12.0. The molecule has 0 atom stereocenters. The molecule has 0 saturated heterocycles. The average molecular weight is 247 g/mol. The van der Waals surface area contributed by atoms with E-state index in [1.807, 2.05) is 0 Å². The number of rotatable bonds is 4. The minimum Gasteiger partial charge on any atom is -0.489 e. The van der Waals surface area contributed by atoms with Gasteiger partial charge in [0, 0.05) is 18.0 Å². The van der Waals surface area contributed by atoms with Crippen LogP contribution >= 0.6 is 0 Å². The van der Waals surface area contributed by atoms with Gasteiger partial charge in [-0.3, -0.25) is 4.98 Å². The molecule has 2 rings (SSSR count). The summed E-state index contributed by atoms with van der Waals surface area (Å²) >= 11 is 0. The molecule has 0 spiro atoms. The summed E-state index contributed by atoms with van der Waals surface area (Å²) in [5.74, 6) is -0.928. The van der Waals surface area contributed by atoms with Crippen LogP contribution in [0.5, 0.6) is 5.75 Å². The summed E-state index contributed by atoms with van der Waals surface area (Å²) in [6.45, 7) is 0.0930. The Labute approximate surface area is 103 Å². The monoisotopic (exact) mass is 247 g/mol. The summed E-state index contributed by atoms with van der Waals surface area (Å²) in [5, 5.41) is 8.95. The van der Waals surface area contributed by atoms with E-state index in [4.69, 9.17) is 9.84 Å². The van der Waals surface area contributed by atoms with E-state index in [0.717, 1.165) is 0 Å². The second-order valence-electron chi connectivity index (χ2n) is 3.58. The largest absolute Gasteiger partial charge is 0.489 e. The minimum absolute atomic E-state index is 0.0930. The average Bonchev–Trinajstić information content (AvgIpc) is 2.38. The minimum atomic E-state index is -1.05. The van der Waals surface area contributed by atoms with Crippen LogP contribution in [0.2, 0.25) is 0 Å². The van der Waals surface area contributed by atoms with E-state index in [1.165, 1.54) is 36.7 Å². The van der Waals surface area contributed by atoms with Crippen molar-refractivity contribution >= 4 is 5.97 Å². The fourth-order valence-corrected chi connectivity index (χ4v) is 1.43. The van der Waals surface area contributed by atoms with Gasteiger partial charge in [0.1, 0.15) is 18.2 Å². The molecule has 0 aliphatic rings. The van der Waals surface area contributed by atoms with Crippen LogP contribution in [0, 0.1) is 5.82 Å². The zero-order chi connectivity index (χ0) is 13.0. The summed E-state index contributed by atoms with van der Waals surface area (Å²) in [5.41, 5.74) is 0.612. The third kappa shape index (κ3) is 2.82. The lowest BCUT2D eigenvalue weighted by molar-refractivity contribution is 0.0693. The predicted molar refractivity (Wildman–Crippen MR) is 61.9 cm³/mol. The van der Waals surface area contributed by atoms with E-state index in [2.05, 4.69) is 4.98 Å². The standard InChI is InChI=1S/C13H10FNO3/c14-10-1-3-11(4-2-10)18-8-9-5-6-15-7-12(9)13(16)17/h1-7H,8H2,(H,16,17). The Hall–Kier alpha value is -2.43. The SMILES string of the molecule is O=C(O)c1cnccc1COc1ccc(F)cc1. The van der Waals surface area contributed by atoms with E-state index in [0.29, 0.717) is 11.3 Å². The number of hydrogen-bond donors (Lipinski definition) is 1. The highest BCUT2D eigenvalue weighted by molar-refractivity contribution is 5.88.